The summed E-state index contributed by atoms with van der Waals surface area (Å²) in [5.41, 5.74) is 9.49. The second-order valence-electron chi connectivity index (χ2n) is 9.26. The fourth-order valence-electron chi connectivity index (χ4n) is 3.72. The molecule has 2 N–H and O–H groups in total. The molecule has 1 heteroatoms. The summed E-state index contributed by atoms with van der Waals surface area (Å²) in [6.07, 6.45) is 2.19. The van der Waals surface area contributed by atoms with Crippen molar-refractivity contribution in [3.05, 3.63) is 35.4 Å². The Hall–Kier alpha value is -0.820. The number of benzene rings is 1. The molecule has 0 amide bonds. The Kier molecular flexibility index (Phi) is 5.31. The van der Waals surface area contributed by atoms with Gasteiger partial charge >= 0.3 is 0 Å². The van der Waals surface area contributed by atoms with Gasteiger partial charge in [0.2, 0.25) is 0 Å². The molecule has 1 atom stereocenters. The Labute approximate surface area is 132 Å². The van der Waals surface area contributed by atoms with Crippen LogP contribution in [0, 0.1) is 5.41 Å². The Morgan fingerprint density at radius 2 is 1.19 bits per heavy atom. The van der Waals surface area contributed by atoms with E-state index in [0.29, 0.717) is 5.41 Å². The van der Waals surface area contributed by atoms with Crippen LogP contribution in [-0.4, -0.2) is 6.04 Å². The lowest BCUT2D eigenvalue weighted by atomic mass is 9.71. The summed E-state index contributed by atoms with van der Waals surface area (Å²) < 4.78 is 0. The Bertz CT molecular complexity index is 444. The first-order chi connectivity index (χ1) is 9.33. The summed E-state index contributed by atoms with van der Waals surface area (Å²) in [4.78, 5) is 0. The van der Waals surface area contributed by atoms with Gasteiger partial charge in [0.1, 0.15) is 0 Å². The zero-order chi connectivity index (χ0) is 16.5. The predicted octanol–water partition coefficient (Wildman–Crippen LogP) is 5.42. The molecule has 0 aliphatic rings. The van der Waals surface area contributed by atoms with E-state index in [1.165, 1.54) is 17.5 Å². The van der Waals surface area contributed by atoms with E-state index in [2.05, 4.69) is 79.7 Å². The van der Waals surface area contributed by atoms with Crippen LogP contribution in [0.1, 0.15) is 79.4 Å². The van der Waals surface area contributed by atoms with Crippen molar-refractivity contribution in [1.82, 2.24) is 0 Å². The fraction of sp³-hybridized carbons (Fsp3) is 0.700. The lowest BCUT2D eigenvalue weighted by Crippen LogP contribution is -2.28. The van der Waals surface area contributed by atoms with Crippen molar-refractivity contribution >= 4 is 0 Å². The summed E-state index contributed by atoms with van der Waals surface area (Å²) in [6.45, 7) is 18.3. The van der Waals surface area contributed by atoms with Crippen molar-refractivity contribution in [3.63, 3.8) is 0 Å². The van der Waals surface area contributed by atoms with Crippen LogP contribution in [0.5, 0.6) is 0 Å². The van der Waals surface area contributed by atoms with Crippen molar-refractivity contribution < 1.29 is 0 Å². The minimum Gasteiger partial charge on any atom is -0.328 e. The summed E-state index contributed by atoms with van der Waals surface area (Å²) in [5.74, 6) is 0. The minimum absolute atomic E-state index is 0.140. The number of nitrogens with two attached hydrogens (primary N) is 1. The maximum atomic E-state index is 5.98. The van der Waals surface area contributed by atoms with Gasteiger partial charge in [-0.1, -0.05) is 72.7 Å². The Balaban J connectivity index is 2.97. The van der Waals surface area contributed by atoms with E-state index in [4.69, 9.17) is 5.73 Å². The molecular weight excluding hydrogens is 254 g/mol. The van der Waals surface area contributed by atoms with Gasteiger partial charge in [0.15, 0.2) is 0 Å². The average Bonchev–Trinajstić information content (AvgIpc) is 2.24. The second kappa shape index (κ2) is 6.12. The molecule has 21 heavy (non-hydrogen) atoms. The van der Waals surface area contributed by atoms with E-state index in [1.807, 2.05) is 0 Å². The van der Waals surface area contributed by atoms with Crippen molar-refractivity contribution in [2.75, 3.05) is 0 Å². The topological polar surface area (TPSA) is 26.0 Å². The largest absolute Gasteiger partial charge is 0.328 e. The van der Waals surface area contributed by atoms with Gasteiger partial charge in [-0.3, -0.25) is 0 Å². The zero-order valence-electron chi connectivity index (χ0n) is 15.4. The van der Waals surface area contributed by atoms with Gasteiger partial charge < -0.3 is 5.73 Å². The van der Waals surface area contributed by atoms with Crippen molar-refractivity contribution in [2.24, 2.45) is 11.1 Å². The number of hydrogen-bond donors (Lipinski definition) is 1. The van der Waals surface area contributed by atoms with E-state index in [1.54, 1.807) is 0 Å². The Morgan fingerprint density at radius 1 is 0.810 bits per heavy atom. The molecule has 0 fully saturated rings. The van der Waals surface area contributed by atoms with Crippen LogP contribution in [0.25, 0.3) is 0 Å². The lowest BCUT2D eigenvalue weighted by Gasteiger charge is -2.34. The molecule has 0 heterocycles. The highest BCUT2D eigenvalue weighted by molar-refractivity contribution is 5.32. The molecule has 1 nitrogen and oxygen atoms in total. The van der Waals surface area contributed by atoms with Crippen molar-refractivity contribution in [2.45, 2.75) is 85.1 Å². The average molecular weight is 290 g/mol. The molecule has 0 spiro atoms. The molecule has 120 valence electrons. The highest BCUT2D eigenvalue weighted by Crippen LogP contribution is 2.37. The highest BCUT2D eigenvalue weighted by Gasteiger charge is 2.28. The monoisotopic (exact) mass is 289 g/mol. The molecule has 0 radical (unpaired) electrons. The van der Waals surface area contributed by atoms with Gasteiger partial charge in [-0.05, 0) is 47.1 Å². The van der Waals surface area contributed by atoms with Gasteiger partial charge in [-0.25, -0.2) is 0 Å². The standard InChI is InChI=1S/C20H35N/c1-15(21)13-19(5,6)16-9-11-17(12-10-16)20(7,8)14-18(2,3)4/h9-12,15H,13-14,21H2,1-8H3. The van der Waals surface area contributed by atoms with E-state index in [0.717, 1.165) is 6.42 Å². The van der Waals surface area contributed by atoms with Crippen LogP contribution in [0.15, 0.2) is 24.3 Å². The normalized spacial score (nSPS) is 15.1. The zero-order valence-corrected chi connectivity index (χ0v) is 15.4. The molecule has 0 saturated heterocycles. The Morgan fingerprint density at radius 3 is 1.52 bits per heavy atom. The van der Waals surface area contributed by atoms with E-state index in [9.17, 15) is 0 Å². The molecule has 0 aliphatic heterocycles. The summed E-state index contributed by atoms with van der Waals surface area (Å²) in [5, 5.41) is 0. The quantitative estimate of drug-likeness (QED) is 0.770. The first-order valence-corrected chi connectivity index (χ1v) is 8.20. The fourth-order valence-corrected chi connectivity index (χ4v) is 3.72. The van der Waals surface area contributed by atoms with Gasteiger partial charge in [-0.15, -0.1) is 0 Å². The van der Waals surface area contributed by atoms with Crippen LogP contribution in [0.3, 0.4) is 0 Å². The summed E-state index contributed by atoms with van der Waals surface area (Å²) >= 11 is 0. The van der Waals surface area contributed by atoms with Crippen molar-refractivity contribution in [3.8, 4) is 0 Å². The summed E-state index contributed by atoms with van der Waals surface area (Å²) in [7, 11) is 0. The van der Waals surface area contributed by atoms with Crippen LogP contribution in [0.4, 0.5) is 0 Å². The molecule has 1 rings (SSSR count). The van der Waals surface area contributed by atoms with Crippen LogP contribution < -0.4 is 5.73 Å². The van der Waals surface area contributed by atoms with E-state index < -0.39 is 0 Å². The lowest BCUT2D eigenvalue weighted by molar-refractivity contribution is 0.284. The van der Waals surface area contributed by atoms with Gasteiger partial charge in [-0.2, -0.15) is 0 Å². The second-order valence-corrected chi connectivity index (χ2v) is 9.26. The predicted molar refractivity (Wildman–Crippen MR) is 94.8 cm³/mol. The molecular formula is C20H35N. The first kappa shape index (κ1) is 18.2. The third-order valence-electron chi connectivity index (χ3n) is 4.25. The van der Waals surface area contributed by atoms with E-state index in [-0.39, 0.29) is 16.9 Å². The molecule has 0 saturated carbocycles. The minimum atomic E-state index is 0.140. The number of rotatable bonds is 5. The maximum absolute atomic E-state index is 5.98. The van der Waals surface area contributed by atoms with Crippen LogP contribution in [0.2, 0.25) is 0 Å². The van der Waals surface area contributed by atoms with Gasteiger partial charge in [0, 0.05) is 6.04 Å². The summed E-state index contributed by atoms with van der Waals surface area (Å²) in [6, 6.07) is 9.44. The third kappa shape index (κ3) is 5.47. The molecule has 0 bridgehead atoms. The third-order valence-corrected chi connectivity index (χ3v) is 4.25. The van der Waals surface area contributed by atoms with Gasteiger partial charge in [0.25, 0.3) is 0 Å². The molecule has 1 unspecified atom stereocenters. The first-order valence-electron chi connectivity index (χ1n) is 8.20. The van der Waals surface area contributed by atoms with Crippen LogP contribution in [-0.2, 0) is 10.8 Å². The van der Waals surface area contributed by atoms with Gasteiger partial charge in [0.05, 0.1) is 0 Å². The molecule has 0 aromatic heterocycles. The smallest absolute Gasteiger partial charge is 0.00187 e. The van der Waals surface area contributed by atoms with Crippen molar-refractivity contribution in [1.29, 1.82) is 0 Å². The molecule has 0 aliphatic carbocycles. The van der Waals surface area contributed by atoms with E-state index >= 15 is 0 Å². The SMILES string of the molecule is CC(N)CC(C)(C)c1ccc(C(C)(C)CC(C)(C)C)cc1. The molecule has 1 aromatic rings. The number of hydrogen-bond acceptors (Lipinski definition) is 1. The van der Waals surface area contributed by atoms with Crippen LogP contribution >= 0.6 is 0 Å². The highest BCUT2D eigenvalue weighted by atomic mass is 14.6. The molecule has 1 aromatic carbocycles. The maximum Gasteiger partial charge on any atom is 0.00187 e.